The van der Waals surface area contributed by atoms with Crippen molar-refractivity contribution in [2.45, 2.75) is 45.8 Å². The van der Waals surface area contributed by atoms with Crippen LogP contribution in [0.2, 0.25) is 0 Å². The largest absolute Gasteiger partial charge is 0.347 e. The second-order valence-corrected chi connectivity index (χ2v) is 5.12. The summed E-state index contributed by atoms with van der Waals surface area (Å²) in [5.74, 6) is 0. The van der Waals surface area contributed by atoms with E-state index >= 15 is 0 Å². The van der Waals surface area contributed by atoms with Gasteiger partial charge in [0.25, 0.3) is 0 Å². The molecular weight excluding hydrogens is 208 g/mol. The number of benzene rings is 1. The van der Waals surface area contributed by atoms with E-state index in [1.54, 1.807) is 0 Å². The molecule has 0 unspecified atom stereocenters. The molecule has 3 rings (SSSR count). The lowest BCUT2D eigenvalue weighted by atomic mass is 10.1. The minimum atomic E-state index is 0.778. The summed E-state index contributed by atoms with van der Waals surface area (Å²) in [5, 5.41) is 5.03. The molecule has 2 nitrogen and oxygen atoms in total. The molecule has 90 valence electrons. The van der Waals surface area contributed by atoms with Crippen LogP contribution in [-0.2, 0) is 13.1 Å². The molecule has 2 heteroatoms. The van der Waals surface area contributed by atoms with Crippen molar-refractivity contribution in [2.24, 2.45) is 0 Å². The molecular formula is C15H20N2. The molecule has 0 radical (unpaired) electrons. The van der Waals surface area contributed by atoms with Gasteiger partial charge in [0, 0.05) is 36.2 Å². The van der Waals surface area contributed by atoms with Gasteiger partial charge in [0.15, 0.2) is 0 Å². The Hall–Kier alpha value is -1.28. The zero-order chi connectivity index (χ0) is 11.8. The number of hydrogen-bond acceptors (Lipinski definition) is 1. The highest BCUT2D eigenvalue weighted by Gasteiger charge is 2.20. The smallest absolute Gasteiger partial charge is 0.0483 e. The van der Waals surface area contributed by atoms with Crippen molar-refractivity contribution >= 4 is 10.9 Å². The fourth-order valence-electron chi connectivity index (χ4n) is 2.43. The van der Waals surface area contributed by atoms with E-state index in [9.17, 15) is 0 Å². The molecule has 17 heavy (non-hydrogen) atoms. The second-order valence-electron chi connectivity index (χ2n) is 5.12. The number of rotatable bonds is 4. The van der Waals surface area contributed by atoms with Crippen LogP contribution in [0.1, 0.15) is 30.9 Å². The first-order valence-corrected chi connectivity index (χ1v) is 6.59. The number of nitrogens with zero attached hydrogens (tertiary/aromatic N) is 1. The molecule has 1 saturated carbocycles. The average molecular weight is 228 g/mol. The SMILES string of the molecule is CCn1cc(CNC2CC2)c2cc(C)ccc21. The van der Waals surface area contributed by atoms with Crippen molar-refractivity contribution in [3.8, 4) is 0 Å². The Morgan fingerprint density at radius 2 is 2.18 bits per heavy atom. The van der Waals surface area contributed by atoms with Gasteiger partial charge in [-0.3, -0.25) is 0 Å². The van der Waals surface area contributed by atoms with E-state index in [2.05, 4.69) is 48.1 Å². The molecule has 1 aromatic carbocycles. The molecule has 0 bridgehead atoms. The van der Waals surface area contributed by atoms with Crippen LogP contribution in [0.5, 0.6) is 0 Å². The monoisotopic (exact) mass is 228 g/mol. The summed E-state index contributed by atoms with van der Waals surface area (Å²) in [7, 11) is 0. The summed E-state index contributed by atoms with van der Waals surface area (Å²) in [5.41, 5.74) is 4.15. The van der Waals surface area contributed by atoms with Crippen LogP contribution in [0.15, 0.2) is 24.4 Å². The fourth-order valence-corrected chi connectivity index (χ4v) is 2.43. The van der Waals surface area contributed by atoms with Gasteiger partial charge in [-0.05, 0) is 44.4 Å². The Bertz CT molecular complexity index is 535. The van der Waals surface area contributed by atoms with Gasteiger partial charge in [-0.15, -0.1) is 0 Å². The average Bonchev–Trinajstić information content (AvgIpc) is 3.09. The van der Waals surface area contributed by atoms with Gasteiger partial charge in [-0.2, -0.15) is 0 Å². The molecule has 1 fully saturated rings. The highest BCUT2D eigenvalue weighted by Crippen LogP contribution is 2.25. The third-order valence-electron chi connectivity index (χ3n) is 3.62. The summed E-state index contributed by atoms with van der Waals surface area (Å²) in [4.78, 5) is 0. The molecule has 1 aromatic heterocycles. The molecule has 0 atom stereocenters. The minimum absolute atomic E-state index is 0.778. The Morgan fingerprint density at radius 3 is 2.88 bits per heavy atom. The van der Waals surface area contributed by atoms with E-state index < -0.39 is 0 Å². The fraction of sp³-hybridized carbons (Fsp3) is 0.467. The number of aryl methyl sites for hydroxylation is 2. The maximum atomic E-state index is 3.61. The quantitative estimate of drug-likeness (QED) is 0.850. The molecule has 0 aliphatic heterocycles. The van der Waals surface area contributed by atoms with E-state index in [1.165, 1.54) is 34.9 Å². The topological polar surface area (TPSA) is 17.0 Å². The van der Waals surface area contributed by atoms with Gasteiger partial charge in [0.1, 0.15) is 0 Å². The van der Waals surface area contributed by atoms with E-state index in [1.807, 2.05) is 0 Å². The zero-order valence-electron chi connectivity index (χ0n) is 10.7. The maximum absolute atomic E-state index is 3.61. The molecule has 1 heterocycles. The van der Waals surface area contributed by atoms with Crippen LogP contribution in [0, 0.1) is 6.92 Å². The van der Waals surface area contributed by atoms with Crippen molar-refractivity contribution in [1.29, 1.82) is 0 Å². The van der Waals surface area contributed by atoms with Crippen LogP contribution in [0.4, 0.5) is 0 Å². The van der Waals surface area contributed by atoms with Crippen LogP contribution in [0.3, 0.4) is 0 Å². The summed E-state index contributed by atoms with van der Waals surface area (Å²) >= 11 is 0. The maximum Gasteiger partial charge on any atom is 0.0483 e. The third kappa shape index (κ3) is 2.09. The lowest BCUT2D eigenvalue weighted by molar-refractivity contribution is 0.686. The van der Waals surface area contributed by atoms with Crippen LogP contribution in [-0.4, -0.2) is 10.6 Å². The predicted molar refractivity (Wildman–Crippen MR) is 72.2 cm³/mol. The van der Waals surface area contributed by atoms with Crippen LogP contribution >= 0.6 is 0 Å². The molecule has 0 spiro atoms. The molecule has 0 amide bonds. The first-order chi connectivity index (χ1) is 8.28. The van der Waals surface area contributed by atoms with Gasteiger partial charge in [0.2, 0.25) is 0 Å². The second kappa shape index (κ2) is 4.19. The molecule has 0 saturated heterocycles. The highest BCUT2D eigenvalue weighted by molar-refractivity contribution is 5.84. The van der Waals surface area contributed by atoms with Gasteiger partial charge < -0.3 is 9.88 Å². The Morgan fingerprint density at radius 1 is 1.35 bits per heavy atom. The van der Waals surface area contributed by atoms with Gasteiger partial charge >= 0.3 is 0 Å². The lowest BCUT2D eigenvalue weighted by Crippen LogP contribution is -2.14. The minimum Gasteiger partial charge on any atom is -0.347 e. The first-order valence-electron chi connectivity index (χ1n) is 6.59. The number of hydrogen-bond donors (Lipinski definition) is 1. The summed E-state index contributed by atoms with van der Waals surface area (Å²) in [6.07, 6.45) is 5.01. The van der Waals surface area contributed by atoms with Gasteiger partial charge in [0.05, 0.1) is 0 Å². The Labute approximate surface area is 103 Å². The van der Waals surface area contributed by atoms with E-state index in [4.69, 9.17) is 0 Å². The van der Waals surface area contributed by atoms with E-state index in [0.29, 0.717) is 0 Å². The Balaban J connectivity index is 1.99. The molecule has 1 aliphatic carbocycles. The van der Waals surface area contributed by atoms with Crippen molar-refractivity contribution in [1.82, 2.24) is 9.88 Å². The normalized spacial score (nSPS) is 15.6. The number of fused-ring (bicyclic) bond motifs is 1. The van der Waals surface area contributed by atoms with E-state index in [-0.39, 0.29) is 0 Å². The lowest BCUT2D eigenvalue weighted by Gasteiger charge is -2.01. The van der Waals surface area contributed by atoms with Gasteiger partial charge in [-0.25, -0.2) is 0 Å². The van der Waals surface area contributed by atoms with Crippen LogP contribution < -0.4 is 5.32 Å². The van der Waals surface area contributed by atoms with Crippen molar-refractivity contribution in [2.75, 3.05) is 0 Å². The van der Waals surface area contributed by atoms with E-state index in [0.717, 1.165) is 19.1 Å². The van der Waals surface area contributed by atoms with Gasteiger partial charge in [-0.1, -0.05) is 11.6 Å². The number of aromatic nitrogens is 1. The van der Waals surface area contributed by atoms with Crippen molar-refractivity contribution in [3.63, 3.8) is 0 Å². The van der Waals surface area contributed by atoms with Crippen molar-refractivity contribution in [3.05, 3.63) is 35.5 Å². The summed E-state index contributed by atoms with van der Waals surface area (Å²) < 4.78 is 2.35. The zero-order valence-corrected chi connectivity index (χ0v) is 10.7. The molecule has 2 aromatic rings. The standard InChI is InChI=1S/C15H20N2/c1-3-17-10-12(9-16-13-5-6-13)14-8-11(2)4-7-15(14)17/h4,7-8,10,13,16H,3,5-6,9H2,1-2H3. The predicted octanol–water partition coefficient (Wildman–Crippen LogP) is 3.22. The molecule has 1 N–H and O–H groups in total. The first kappa shape index (κ1) is 10.8. The number of nitrogens with one attached hydrogen (secondary N) is 1. The highest BCUT2D eigenvalue weighted by atomic mass is 15.0. The molecule has 1 aliphatic rings. The third-order valence-corrected chi connectivity index (χ3v) is 3.62. The Kier molecular flexibility index (Phi) is 2.67. The summed E-state index contributed by atoms with van der Waals surface area (Å²) in [6.45, 7) is 6.43. The summed E-state index contributed by atoms with van der Waals surface area (Å²) in [6, 6.07) is 7.53. The van der Waals surface area contributed by atoms with Crippen molar-refractivity contribution < 1.29 is 0 Å². The van der Waals surface area contributed by atoms with Crippen LogP contribution in [0.25, 0.3) is 10.9 Å².